The second-order valence-corrected chi connectivity index (χ2v) is 6.22. The van der Waals surface area contributed by atoms with Gasteiger partial charge in [0, 0.05) is 23.4 Å². The molecule has 0 fully saturated rings. The first-order valence-corrected chi connectivity index (χ1v) is 9.13. The number of nitrogens with one attached hydrogen (secondary N) is 2. The third kappa shape index (κ3) is 5.84. The van der Waals surface area contributed by atoms with E-state index >= 15 is 0 Å². The van der Waals surface area contributed by atoms with Crippen molar-refractivity contribution >= 4 is 17.5 Å². The maximum atomic E-state index is 12.1. The number of para-hydroxylation sites is 1. The van der Waals surface area contributed by atoms with Gasteiger partial charge in [-0.25, -0.2) is 0 Å². The number of ether oxygens (including phenoxy) is 2. The van der Waals surface area contributed by atoms with E-state index in [0.717, 1.165) is 11.3 Å². The molecule has 0 radical (unpaired) electrons. The molecule has 3 aromatic rings. The number of carbonyl (C=O) groups excluding carboxylic acids is 2. The Morgan fingerprint density at radius 2 is 1.55 bits per heavy atom. The molecule has 3 aromatic carbocycles. The Hall–Kier alpha value is -3.80. The van der Waals surface area contributed by atoms with Crippen LogP contribution in [0.1, 0.15) is 15.9 Å². The molecule has 0 saturated carbocycles. The van der Waals surface area contributed by atoms with Gasteiger partial charge in [-0.1, -0.05) is 36.4 Å². The van der Waals surface area contributed by atoms with Crippen molar-refractivity contribution in [3.63, 3.8) is 0 Å². The quantitative estimate of drug-likeness (QED) is 0.616. The Morgan fingerprint density at radius 3 is 2.28 bits per heavy atom. The fraction of sp³-hybridized carbons (Fsp3) is 0.130. The number of rotatable bonds is 8. The Bertz CT molecular complexity index is 956. The normalized spacial score (nSPS) is 10.1. The molecule has 0 bridgehead atoms. The molecule has 0 atom stereocenters. The molecule has 6 nitrogen and oxygen atoms in total. The van der Waals surface area contributed by atoms with E-state index in [1.165, 1.54) is 0 Å². The number of hydrogen-bond donors (Lipinski definition) is 2. The van der Waals surface area contributed by atoms with Crippen LogP contribution in [-0.2, 0) is 11.3 Å². The largest absolute Gasteiger partial charge is 0.496 e. The minimum atomic E-state index is -0.239. The molecule has 3 rings (SSSR count). The van der Waals surface area contributed by atoms with Crippen molar-refractivity contribution in [1.82, 2.24) is 5.32 Å². The Kier molecular flexibility index (Phi) is 6.84. The van der Waals surface area contributed by atoms with Gasteiger partial charge in [0.2, 0.25) is 0 Å². The maximum absolute atomic E-state index is 12.1. The molecule has 0 aliphatic carbocycles. The monoisotopic (exact) mass is 390 g/mol. The third-order valence-corrected chi connectivity index (χ3v) is 4.19. The van der Waals surface area contributed by atoms with Crippen LogP contribution >= 0.6 is 0 Å². The summed E-state index contributed by atoms with van der Waals surface area (Å²) >= 11 is 0. The number of amides is 2. The summed E-state index contributed by atoms with van der Waals surface area (Å²) in [6, 6.07) is 23.3. The van der Waals surface area contributed by atoms with Gasteiger partial charge in [-0.3, -0.25) is 9.59 Å². The van der Waals surface area contributed by atoms with Crippen LogP contribution in [0.15, 0.2) is 78.9 Å². The first-order chi connectivity index (χ1) is 14.2. The smallest absolute Gasteiger partial charge is 0.258 e. The van der Waals surface area contributed by atoms with Crippen LogP contribution in [0.25, 0.3) is 0 Å². The molecule has 0 aromatic heterocycles. The standard InChI is InChI=1S/C23H22N2O4/c1-28-21-10-6-5-9-18(21)15-24-22(26)16-29-20-13-11-19(12-14-20)25-23(27)17-7-3-2-4-8-17/h2-14H,15-16H2,1H3,(H,24,26)(H,25,27). The molecule has 29 heavy (non-hydrogen) atoms. The lowest BCUT2D eigenvalue weighted by atomic mass is 10.2. The van der Waals surface area contributed by atoms with Crippen LogP contribution in [-0.4, -0.2) is 25.5 Å². The van der Waals surface area contributed by atoms with Gasteiger partial charge in [0.05, 0.1) is 7.11 Å². The van der Waals surface area contributed by atoms with Crippen molar-refractivity contribution in [2.24, 2.45) is 0 Å². The van der Waals surface area contributed by atoms with E-state index in [0.29, 0.717) is 23.5 Å². The van der Waals surface area contributed by atoms with E-state index in [2.05, 4.69) is 10.6 Å². The maximum Gasteiger partial charge on any atom is 0.258 e. The van der Waals surface area contributed by atoms with Crippen molar-refractivity contribution in [3.05, 3.63) is 90.0 Å². The van der Waals surface area contributed by atoms with Gasteiger partial charge in [0.1, 0.15) is 11.5 Å². The van der Waals surface area contributed by atoms with Crippen LogP contribution < -0.4 is 20.1 Å². The van der Waals surface area contributed by atoms with Gasteiger partial charge in [-0.15, -0.1) is 0 Å². The molecular weight excluding hydrogens is 368 g/mol. The fourth-order valence-electron chi connectivity index (χ4n) is 2.67. The minimum Gasteiger partial charge on any atom is -0.496 e. The highest BCUT2D eigenvalue weighted by molar-refractivity contribution is 6.04. The Labute approximate surface area is 169 Å². The van der Waals surface area contributed by atoms with E-state index in [-0.39, 0.29) is 18.4 Å². The molecular formula is C23H22N2O4. The summed E-state index contributed by atoms with van der Waals surface area (Å²) in [5, 5.41) is 5.61. The van der Waals surface area contributed by atoms with Crippen molar-refractivity contribution in [2.45, 2.75) is 6.54 Å². The topological polar surface area (TPSA) is 76.7 Å². The van der Waals surface area contributed by atoms with Gasteiger partial charge >= 0.3 is 0 Å². The van der Waals surface area contributed by atoms with E-state index in [9.17, 15) is 9.59 Å². The van der Waals surface area contributed by atoms with Gasteiger partial charge in [0.25, 0.3) is 11.8 Å². The van der Waals surface area contributed by atoms with Crippen molar-refractivity contribution in [1.29, 1.82) is 0 Å². The van der Waals surface area contributed by atoms with Crippen LogP contribution in [0.5, 0.6) is 11.5 Å². The molecule has 148 valence electrons. The van der Waals surface area contributed by atoms with Crippen LogP contribution in [0.4, 0.5) is 5.69 Å². The van der Waals surface area contributed by atoms with Gasteiger partial charge in [-0.2, -0.15) is 0 Å². The van der Waals surface area contributed by atoms with Crippen molar-refractivity contribution < 1.29 is 19.1 Å². The fourth-order valence-corrected chi connectivity index (χ4v) is 2.67. The average molecular weight is 390 g/mol. The summed E-state index contributed by atoms with van der Waals surface area (Å²) in [5.41, 5.74) is 2.12. The first kappa shape index (κ1) is 19.9. The summed E-state index contributed by atoms with van der Waals surface area (Å²) in [6.45, 7) is 0.252. The number of hydrogen-bond acceptors (Lipinski definition) is 4. The summed E-state index contributed by atoms with van der Waals surface area (Å²) in [4.78, 5) is 24.2. The predicted octanol–water partition coefficient (Wildman–Crippen LogP) is 3.64. The van der Waals surface area contributed by atoms with E-state index in [4.69, 9.17) is 9.47 Å². The van der Waals surface area contributed by atoms with Crippen LogP contribution in [0.3, 0.4) is 0 Å². The first-order valence-electron chi connectivity index (χ1n) is 9.13. The lowest BCUT2D eigenvalue weighted by Crippen LogP contribution is -2.28. The van der Waals surface area contributed by atoms with E-state index in [1.54, 1.807) is 43.5 Å². The molecule has 0 unspecified atom stereocenters. The highest BCUT2D eigenvalue weighted by Crippen LogP contribution is 2.18. The second-order valence-electron chi connectivity index (χ2n) is 6.22. The van der Waals surface area contributed by atoms with E-state index < -0.39 is 0 Å². The lowest BCUT2D eigenvalue weighted by Gasteiger charge is -2.11. The van der Waals surface area contributed by atoms with Gasteiger partial charge in [-0.05, 0) is 42.5 Å². The van der Waals surface area contributed by atoms with Crippen molar-refractivity contribution in [2.75, 3.05) is 19.0 Å². The summed E-state index contributed by atoms with van der Waals surface area (Å²) in [5.74, 6) is 0.837. The number of anilines is 1. The molecule has 6 heteroatoms. The molecule has 0 heterocycles. The molecule has 0 saturated heterocycles. The van der Waals surface area contributed by atoms with Gasteiger partial charge in [0.15, 0.2) is 6.61 Å². The SMILES string of the molecule is COc1ccccc1CNC(=O)COc1ccc(NC(=O)c2ccccc2)cc1. The Balaban J connectivity index is 1.46. The molecule has 0 aliphatic heterocycles. The molecule has 0 aliphatic rings. The zero-order valence-corrected chi connectivity index (χ0v) is 16.1. The van der Waals surface area contributed by atoms with Crippen LogP contribution in [0, 0.1) is 0 Å². The summed E-state index contributed by atoms with van der Waals surface area (Å²) in [7, 11) is 1.59. The number of carbonyl (C=O) groups is 2. The summed E-state index contributed by atoms with van der Waals surface area (Å²) in [6.07, 6.45) is 0. The summed E-state index contributed by atoms with van der Waals surface area (Å²) < 4.78 is 10.8. The highest BCUT2D eigenvalue weighted by atomic mass is 16.5. The highest BCUT2D eigenvalue weighted by Gasteiger charge is 2.07. The lowest BCUT2D eigenvalue weighted by molar-refractivity contribution is -0.123. The molecule has 2 amide bonds. The Morgan fingerprint density at radius 1 is 0.862 bits per heavy atom. The van der Waals surface area contributed by atoms with Crippen LogP contribution in [0.2, 0.25) is 0 Å². The van der Waals surface area contributed by atoms with Gasteiger partial charge < -0.3 is 20.1 Å². The van der Waals surface area contributed by atoms with Crippen molar-refractivity contribution in [3.8, 4) is 11.5 Å². The number of benzene rings is 3. The average Bonchev–Trinajstić information content (AvgIpc) is 2.78. The predicted molar refractivity (Wildman–Crippen MR) is 111 cm³/mol. The third-order valence-electron chi connectivity index (χ3n) is 4.19. The zero-order valence-electron chi connectivity index (χ0n) is 16.1. The van der Waals surface area contributed by atoms with E-state index in [1.807, 2.05) is 42.5 Å². The molecule has 2 N–H and O–H groups in total. The minimum absolute atomic E-state index is 0.106. The zero-order chi connectivity index (χ0) is 20.5. The second kappa shape index (κ2) is 9.94. The number of methoxy groups -OCH3 is 1. The molecule has 0 spiro atoms.